The van der Waals surface area contributed by atoms with Crippen LogP contribution in [0.5, 0.6) is 0 Å². The van der Waals surface area contributed by atoms with Crippen molar-refractivity contribution in [3.05, 3.63) is 0 Å². The zero-order chi connectivity index (χ0) is 19.3. The van der Waals surface area contributed by atoms with Crippen LogP contribution in [0, 0.1) is 0 Å². The lowest BCUT2D eigenvalue weighted by Gasteiger charge is -2.36. The molecule has 7 heteroatoms. The molecule has 0 radical (unpaired) electrons. The summed E-state index contributed by atoms with van der Waals surface area (Å²) in [7, 11) is -1.78. The second kappa shape index (κ2) is 8.14. The topological polar surface area (TPSA) is 81.7 Å². The Hall–Kier alpha value is -1.37. The van der Waals surface area contributed by atoms with Gasteiger partial charge in [-0.1, -0.05) is 33.9 Å². The van der Waals surface area contributed by atoms with Crippen LogP contribution >= 0.6 is 0 Å². The van der Waals surface area contributed by atoms with E-state index in [1.807, 2.05) is 0 Å². The molecule has 140 valence electrons. The van der Waals surface area contributed by atoms with Gasteiger partial charge in [0.05, 0.1) is 8.07 Å². The summed E-state index contributed by atoms with van der Waals surface area (Å²) in [6.07, 6.45) is -1.51. The van der Waals surface area contributed by atoms with Crippen molar-refractivity contribution in [2.45, 2.75) is 84.3 Å². The number of nitrogens with one attached hydrogen (secondary N) is 1. The molecule has 6 nitrogen and oxygen atoms in total. The smallest absolute Gasteiger partial charge is 0.408 e. The Kier molecular flexibility index (Phi) is 7.67. The van der Waals surface area contributed by atoms with Crippen LogP contribution in [0.1, 0.15) is 48.5 Å². The molecule has 0 heterocycles. The van der Waals surface area contributed by atoms with E-state index in [9.17, 15) is 14.4 Å². The van der Waals surface area contributed by atoms with Gasteiger partial charge in [-0.15, -0.1) is 0 Å². The van der Waals surface area contributed by atoms with Crippen molar-refractivity contribution < 1.29 is 23.9 Å². The third kappa shape index (κ3) is 8.47. The molecule has 24 heavy (non-hydrogen) atoms. The summed E-state index contributed by atoms with van der Waals surface area (Å²) in [4.78, 5) is 35.5. The Morgan fingerprint density at radius 2 is 1.54 bits per heavy atom. The van der Waals surface area contributed by atoms with E-state index in [-0.39, 0.29) is 17.4 Å². The van der Waals surface area contributed by atoms with E-state index in [4.69, 9.17) is 9.47 Å². The second-order valence-electron chi connectivity index (χ2n) is 8.76. The molecular weight excluding hydrogens is 326 g/mol. The van der Waals surface area contributed by atoms with Crippen molar-refractivity contribution in [3.63, 3.8) is 0 Å². The Labute approximate surface area is 146 Å². The van der Waals surface area contributed by atoms with Crippen molar-refractivity contribution in [2.75, 3.05) is 6.54 Å². The summed E-state index contributed by atoms with van der Waals surface area (Å²) in [6, 6.07) is 0.449. The lowest BCUT2D eigenvalue weighted by Crippen LogP contribution is -2.42. The average Bonchev–Trinajstić information content (AvgIpc) is 2.32. The van der Waals surface area contributed by atoms with Crippen molar-refractivity contribution in [2.24, 2.45) is 0 Å². The molecule has 0 spiro atoms. The first kappa shape index (κ1) is 22.6. The Bertz CT molecular complexity index is 474. The van der Waals surface area contributed by atoms with Crippen LogP contribution in [0.4, 0.5) is 4.79 Å². The van der Waals surface area contributed by atoms with Gasteiger partial charge in [0.2, 0.25) is 0 Å². The van der Waals surface area contributed by atoms with Crippen LogP contribution in [-0.4, -0.2) is 44.2 Å². The molecule has 0 aromatic rings. The van der Waals surface area contributed by atoms with Gasteiger partial charge < -0.3 is 14.8 Å². The molecule has 1 unspecified atom stereocenters. The number of esters is 1. The van der Waals surface area contributed by atoms with E-state index in [0.29, 0.717) is 6.04 Å². The number of amides is 1. The van der Waals surface area contributed by atoms with Gasteiger partial charge in [-0.3, -0.25) is 9.59 Å². The summed E-state index contributed by atoms with van der Waals surface area (Å²) in [5.74, 6) is -0.732. The highest BCUT2D eigenvalue weighted by Crippen LogP contribution is 2.38. The Morgan fingerprint density at radius 3 is 1.96 bits per heavy atom. The SMILES string of the molecule is CC(OC(=O)CNC(=O)OC(C)(C)C)C(=O)C[Si](C)(C)C(C)(C)C. The van der Waals surface area contributed by atoms with Crippen LogP contribution < -0.4 is 5.32 Å². The minimum Gasteiger partial charge on any atom is -0.453 e. The number of hydrogen-bond donors (Lipinski definition) is 1. The van der Waals surface area contributed by atoms with Gasteiger partial charge in [0, 0.05) is 6.04 Å². The third-order valence-corrected chi connectivity index (χ3v) is 9.48. The van der Waals surface area contributed by atoms with Crippen molar-refractivity contribution in [1.82, 2.24) is 5.32 Å². The van der Waals surface area contributed by atoms with Gasteiger partial charge >= 0.3 is 12.1 Å². The number of ether oxygens (including phenoxy) is 2. The predicted octanol–water partition coefficient (Wildman–Crippen LogP) is 3.52. The number of ketones is 1. The first-order valence-electron chi connectivity index (χ1n) is 8.24. The molecule has 1 N–H and O–H groups in total. The van der Waals surface area contributed by atoms with E-state index in [2.05, 4.69) is 39.2 Å². The Morgan fingerprint density at radius 1 is 1.04 bits per heavy atom. The quantitative estimate of drug-likeness (QED) is 0.579. The van der Waals surface area contributed by atoms with Gasteiger partial charge in [0.25, 0.3) is 0 Å². The van der Waals surface area contributed by atoms with E-state index < -0.39 is 31.8 Å². The summed E-state index contributed by atoms with van der Waals surface area (Å²) >= 11 is 0. The number of Topliss-reactive ketones (excluding diaryl/α,β-unsaturated/α-hetero) is 1. The monoisotopic (exact) mass is 359 g/mol. The van der Waals surface area contributed by atoms with Crippen LogP contribution in [-0.2, 0) is 19.1 Å². The van der Waals surface area contributed by atoms with Gasteiger partial charge in [0.1, 0.15) is 12.1 Å². The minimum atomic E-state index is -1.78. The number of carbonyl (C=O) groups is 3. The van der Waals surface area contributed by atoms with Crippen LogP contribution in [0.15, 0.2) is 0 Å². The lowest BCUT2D eigenvalue weighted by molar-refractivity contribution is -0.152. The summed E-state index contributed by atoms with van der Waals surface area (Å²) < 4.78 is 10.1. The fourth-order valence-electron chi connectivity index (χ4n) is 1.61. The molecule has 0 rings (SSSR count). The van der Waals surface area contributed by atoms with Crippen molar-refractivity contribution >= 4 is 25.9 Å². The zero-order valence-corrected chi connectivity index (χ0v) is 17.5. The van der Waals surface area contributed by atoms with Gasteiger partial charge in [-0.25, -0.2) is 4.79 Å². The Balaban J connectivity index is 4.41. The minimum absolute atomic E-state index is 0.0767. The number of hydrogen-bond acceptors (Lipinski definition) is 5. The second-order valence-corrected chi connectivity index (χ2v) is 14.4. The van der Waals surface area contributed by atoms with Crippen molar-refractivity contribution in [3.8, 4) is 0 Å². The molecule has 0 saturated heterocycles. The van der Waals surface area contributed by atoms with Gasteiger partial charge in [-0.2, -0.15) is 0 Å². The molecule has 0 aromatic carbocycles. The number of rotatable bonds is 6. The van der Waals surface area contributed by atoms with Crippen molar-refractivity contribution in [1.29, 1.82) is 0 Å². The van der Waals surface area contributed by atoms with Gasteiger partial charge in [0.15, 0.2) is 11.9 Å². The van der Waals surface area contributed by atoms with Crippen LogP contribution in [0.2, 0.25) is 24.2 Å². The third-order valence-electron chi connectivity index (χ3n) is 4.18. The molecule has 0 saturated carbocycles. The standard InChI is InChI=1S/C17H33NO5Si/c1-12(13(19)11-24(8,9)17(5,6)7)22-14(20)10-18-15(21)23-16(2,3)4/h12H,10-11H2,1-9H3,(H,18,21). The van der Waals surface area contributed by atoms with E-state index in [0.717, 1.165) is 0 Å². The largest absolute Gasteiger partial charge is 0.453 e. The molecule has 1 atom stereocenters. The zero-order valence-electron chi connectivity index (χ0n) is 16.5. The van der Waals surface area contributed by atoms with E-state index >= 15 is 0 Å². The first-order chi connectivity index (χ1) is 10.5. The lowest BCUT2D eigenvalue weighted by atomic mass is 10.2. The molecular formula is C17H33NO5Si. The maximum atomic E-state index is 12.3. The molecule has 0 bridgehead atoms. The fourth-order valence-corrected chi connectivity index (χ4v) is 3.30. The molecule has 0 aliphatic carbocycles. The average molecular weight is 360 g/mol. The summed E-state index contributed by atoms with van der Waals surface area (Å²) in [5.41, 5.74) is -0.638. The highest BCUT2D eigenvalue weighted by atomic mass is 28.3. The molecule has 0 fully saturated rings. The predicted molar refractivity (Wildman–Crippen MR) is 96.8 cm³/mol. The fraction of sp³-hybridized carbons (Fsp3) is 0.824. The number of alkyl carbamates (subject to hydrolysis) is 1. The van der Waals surface area contributed by atoms with E-state index in [1.165, 1.54) is 0 Å². The summed E-state index contributed by atoms with van der Waals surface area (Å²) in [5, 5.41) is 2.41. The number of carbonyl (C=O) groups excluding carboxylic acids is 3. The maximum Gasteiger partial charge on any atom is 0.408 e. The highest BCUT2D eigenvalue weighted by molar-refractivity contribution is 6.82. The molecule has 1 amide bonds. The molecule has 0 aromatic heterocycles. The maximum absolute atomic E-state index is 12.3. The van der Waals surface area contributed by atoms with Crippen LogP contribution in [0.3, 0.4) is 0 Å². The molecule has 0 aliphatic heterocycles. The van der Waals surface area contributed by atoms with Crippen LogP contribution in [0.25, 0.3) is 0 Å². The first-order valence-corrected chi connectivity index (χ1v) is 11.4. The molecule has 0 aliphatic rings. The normalized spacial score (nSPS) is 13.9. The summed E-state index contributed by atoms with van der Waals surface area (Å²) in [6.45, 7) is 17.1. The highest BCUT2D eigenvalue weighted by Gasteiger charge is 2.38. The van der Waals surface area contributed by atoms with Gasteiger partial charge in [-0.05, 0) is 32.7 Å². The van der Waals surface area contributed by atoms with E-state index in [1.54, 1.807) is 27.7 Å².